The smallest absolute Gasteiger partial charge is 0.328 e. The van der Waals surface area contributed by atoms with E-state index < -0.39 is 12.0 Å². The molecule has 1 aliphatic rings. The highest BCUT2D eigenvalue weighted by Crippen LogP contribution is 2.32. The Kier molecular flexibility index (Phi) is 4.40. The van der Waals surface area contributed by atoms with Crippen LogP contribution in [0.15, 0.2) is 30.5 Å². The van der Waals surface area contributed by atoms with Gasteiger partial charge in [-0.15, -0.1) is 0 Å². The molecule has 5 heteroatoms. The summed E-state index contributed by atoms with van der Waals surface area (Å²) in [6, 6.07) is 7.02. The predicted molar refractivity (Wildman–Crippen MR) is 75.1 cm³/mol. The van der Waals surface area contributed by atoms with E-state index in [1.54, 1.807) is 13.1 Å². The van der Waals surface area contributed by atoms with Gasteiger partial charge in [0.25, 0.3) is 0 Å². The first-order chi connectivity index (χ1) is 9.61. The molecule has 1 radical (unpaired) electrons. The number of nitrogens with zero attached hydrogens (tertiary/aromatic N) is 1. The third-order valence-corrected chi connectivity index (χ3v) is 2.98. The lowest BCUT2D eigenvalue weighted by molar-refractivity contribution is -0.147. The van der Waals surface area contributed by atoms with Gasteiger partial charge < -0.3 is 10.1 Å². The van der Waals surface area contributed by atoms with E-state index in [2.05, 4.69) is 10.6 Å². The SMILES string of the molecule is CCOC(=O)[C@H](CC1=C[N]c2ccccc21)NC(C)=O. The first kappa shape index (κ1) is 14.1. The van der Waals surface area contributed by atoms with E-state index in [4.69, 9.17) is 4.74 Å². The second kappa shape index (κ2) is 6.23. The second-order valence-electron chi connectivity index (χ2n) is 4.51. The van der Waals surface area contributed by atoms with E-state index in [1.807, 2.05) is 24.3 Å². The van der Waals surface area contributed by atoms with Crippen LogP contribution in [0.5, 0.6) is 0 Å². The number of carbonyl (C=O) groups is 2. The van der Waals surface area contributed by atoms with Crippen molar-refractivity contribution in [3.8, 4) is 0 Å². The van der Waals surface area contributed by atoms with Crippen LogP contribution in [0.4, 0.5) is 5.69 Å². The average Bonchev–Trinajstić information content (AvgIpc) is 2.81. The fourth-order valence-electron chi connectivity index (χ4n) is 2.14. The van der Waals surface area contributed by atoms with Crippen molar-refractivity contribution in [2.24, 2.45) is 0 Å². The summed E-state index contributed by atoms with van der Waals surface area (Å²) in [7, 11) is 0. The molecular weight excluding hydrogens is 256 g/mol. The maximum absolute atomic E-state index is 11.9. The lowest BCUT2D eigenvalue weighted by atomic mass is 10.00. The third-order valence-electron chi connectivity index (χ3n) is 2.98. The van der Waals surface area contributed by atoms with Gasteiger partial charge in [-0.05, 0) is 18.6 Å². The summed E-state index contributed by atoms with van der Waals surface area (Å²) in [5.74, 6) is -0.681. The van der Waals surface area contributed by atoms with E-state index in [9.17, 15) is 9.59 Å². The quantitative estimate of drug-likeness (QED) is 0.831. The van der Waals surface area contributed by atoms with Crippen molar-refractivity contribution in [3.05, 3.63) is 36.0 Å². The monoisotopic (exact) mass is 273 g/mol. The number of nitrogens with one attached hydrogen (secondary N) is 1. The largest absolute Gasteiger partial charge is 0.464 e. The zero-order chi connectivity index (χ0) is 14.5. The Bertz CT molecular complexity index is 552. The van der Waals surface area contributed by atoms with Gasteiger partial charge in [0.1, 0.15) is 6.04 Å². The Morgan fingerprint density at radius 1 is 1.35 bits per heavy atom. The Labute approximate surface area is 118 Å². The molecule has 1 atom stereocenters. The molecule has 0 bridgehead atoms. The number of rotatable bonds is 5. The number of amides is 1. The minimum Gasteiger partial charge on any atom is -0.464 e. The molecule has 20 heavy (non-hydrogen) atoms. The summed E-state index contributed by atoms with van der Waals surface area (Å²) in [6.07, 6.45) is 2.11. The van der Waals surface area contributed by atoms with Gasteiger partial charge in [0.05, 0.1) is 12.3 Å². The Balaban J connectivity index is 2.13. The molecule has 5 nitrogen and oxygen atoms in total. The van der Waals surface area contributed by atoms with Crippen LogP contribution in [-0.2, 0) is 14.3 Å². The first-order valence-corrected chi connectivity index (χ1v) is 6.55. The van der Waals surface area contributed by atoms with Gasteiger partial charge in [-0.25, -0.2) is 4.79 Å². The van der Waals surface area contributed by atoms with Gasteiger partial charge in [0, 0.05) is 25.1 Å². The minimum atomic E-state index is -0.681. The standard InChI is InChI=1S/C15H17N2O3/c1-3-20-15(19)14(17-10(2)18)8-11-9-16-13-7-5-4-6-12(11)13/h4-7,9,14H,3,8H2,1-2H3,(H,17,18)/t14-/m0/s1. The van der Waals surface area contributed by atoms with Gasteiger partial charge >= 0.3 is 5.97 Å². The molecular formula is C15H17N2O3. The number of benzene rings is 1. The highest BCUT2D eigenvalue weighted by Gasteiger charge is 2.25. The maximum Gasteiger partial charge on any atom is 0.328 e. The van der Waals surface area contributed by atoms with Crippen molar-refractivity contribution < 1.29 is 14.3 Å². The van der Waals surface area contributed by atoms with Gasteiger partial charge in [0.2, 0.25) is 5.91 Å². The highest BCUT2D eigenvalue weighted by atomic mass is 16.5. The zero-order valence-electron chi connectivity index (χ0n) is 11.6. The second-order valence-corrected chi connectivity index (χ2v) is 4.51. The van der Waals surface area contributed by atoms with Crippen molar-refractivity contribution in [1.82, 2.24) is 10.6 Å². The number of esters is 1. The van der Waals surface area contributed by atoms with Crippen LogP contribution in [-0.4, -0.2) is 24.5 Å². The molecule has 1 aromatic rings. The molecule has 105 valence electrons. The van der Waals surface area contributed by atoms with E-state index in [1.165, 1.54) is 6.92 Å². The Morgan fingerprint density at radius 2 is 2.10 bits per heavy atom. The average molecular weight is 273 g/mol. The number of fused-ring (bicyclic) bond motifs is 1. The molecule has 0 saturated heterocycles. The third kappa shape index (κ3) is 3.17. The van der Waals surface area contributed by atoms with Crippen molar-refractivity contribution in [3.63, 3.8) is 0 Å². The van der Waals surface area contributed by atoms with Crippen LogP contribution in [0.25, 0.3) is 5.57 Å². The molecule has 0 spiro atoms. The number of ether oxygens (including phenoxy) is 1. The lowest BCUT2D eigenvalue weighted by Crippen LogP contribution is -2.40. The molecule has 1 aliphatic heterocycles. The summed E-state index contributed by atoms with van der Waals surface area (Å²) < 4.78 is 4.99. The Morgan fingerprint density at radius 3 is 2.80 bits per heavy atom. The van der Waals surface area contributed by atoms with Crippen LogP contribution in [0.1, 0.15) is 25.8 Å². The number of para-hydroxylation sites is 1. The summed E-state index contributed by atoms with van der Waals surface area (Å²) in [6.45, 7) is 3.41. The van der Waals surface area contributed by atoms with Crippen molar-refractivity contribution in [2.75, 3.05) is 6.61 Å². The molecule has 1 aromatic carbocycles. The molecule has 1 N–H and O–H groups in total. The molecule has 1 heterocycles. The lowest BCUT2D eigenvalue weighted by Gasteiger charge is -2.17. The summed E-state index contributed by atoms with van der Waals surface area (Å²) in [5, 5.41) is 6.92. The molecule has 0 fully saturated rings. The number of hydrogen-bond acceptors (Lipinski definition) is 3. The van der Waals surface area contributed by atoms with E-state index in [0.717, 1.165) is 16.8 Å². The molecule has 0 saturated carbocycles. The van der Waals surface area contributed by atoms with Gasteiger partial charge in [-0.2, -0.15) is 0 Å². The topological polar surface area (TPSA) is 69.5 Å². The number of hydrogen-bond donors (Lipinski definition) is 1. The van der Waals surface area contributed by atoms with Crippen LogP contribution < -0.4 is 10.6 Å². The fraction of sp³-hybridized carbons (Fsp3) is 0.333. The van der Waals surface area contributed by atoms with Gasteiger partial charge in [-0.3, -0.25) is 10.1 Å². The van der Waals surface area contributed by atoms with Crippen LogP contribution >= 0.6 is 0 Å². The van der Waals surface area contributed by atoms with E-state index in [-0.39, 0.29) is 12.5 Å². The van der Waals surface area contributed by atoms with E-state index >= 15 is 0 Å². The van der Waals surface area contributed by atoms with Crippen LogP contribution in [0.2, 0.25) is 0 Å². The van der Waals surface area contributed by atoms with Crippen molar-refractivity contribution in [2.45, 2.75) is 26.3 Å². The summed E-state index contributed by atoms with van der Waals surface area (Å²) >= 11 is 0. The van der Waals surface area contributed by atoms with E-state index in [0.29, 0.717) is 6.42 Å². The minimum absolute atomic E-state index is 0.258. The molecule has 1 amide bonds. The van der Waals surface area contributed by atoms with Crippen molar-refractivity contribution in [1.29, 1.82) is 0 Å². The summed E-state index contributed by atoms with van der Waals surface area (Å²) in [5.41, 5.74) is 2.80. The summed E-state index contributed by atoms with van der Waals surface area (Å²) in [4.78, 5) is 23.1. The van der Waals surface area contributed by atoms with Gasteiger partial charge in [-0.1, -0.05) is 18.2 Å². The first-order valence-electron chi connectivity index (χ1n) is 6.55. The van der Waals surface area contributed by atoms with Crippen LogP contribution in [0.3, 0.4) is 0 Å². The molecule has 0 aromatic heterocycles. The van der Waals surface area contributed by atoms with Crippen molar-refractivity contribution >= 4 is 23.1 Å². The van der Waals surface area contributed by atoms with Crippen LogP contribution in [0, 0.1) is 0 Å². The fourth-order valence-corrected chi connectivity index (χ4v) is 2.14. The Hall–Kier alpha value is -2.30. The van der Waals surface area contributed by atoms with Gasteiger partial charge in [0.15, 0.2) is 0 Å². The molecule has 2 rings (SSSR count). The molecule has 0 aliphatic carbocycles. The number of carbonyl (C=O) groups excluding carboxylic acids is 2. The highest BCUT2D eigenvalue weighted by molar-refractivity contribution is 5.87. The maximum atomic E-state index is 11.9. The molecule has 0 unspecified atom stereocenters. The predicted octanol–water partition coefficient (Wildman–Crippen LogP) is 1.73. The zero-order valence-corrected chi connectivity index (χ0v) is 11.6. The normalized spacial score (nSPS) is 13.8.